The van der Waals surface area contributed by atoms with Crippen molar-refractivity contribution in [2.75, 3.05) is 13.7 Å². The molecule has 0 aromatic heterocycles. The van der Waals surface area contributed by atoms with Crippen LogP contribution >= 0.6 is 0 Å². The maximum Gasteiger partial charge on any atom is 0.150 e. The van der Waals surface area contributed by atoms with E-state index in [2.05, 4.69) is 6.92 Å². The smallest absolute Gasteiger partial charge is 0.150 e. The van der Waals surface area contributed by atoms with Gasteiger partial charge in [-0.05, 0) is 6.42 Å². The van der Waals surface area contributed by atoms with E-state index in [1.807, 2.05) is 5.94 Å². The van der Waals surface area contributed by atoms with Gasteiger partial charge in [-0.15, -0.1) is 0 Å². The molecule has 0 bridgehead atoms. The molecule has 4 heteroatoms. The second-order valence-electron chi connectivity index (χ2n) is 2.96. The molecule has 0 aromatic rings. The van der Waals surface area contributed by atoms with Crippen LogP contribution in [0.25, 0.3) is 0 Å². The molecule has 0 unspecified atom stereocenters. The van der Waals surface area contributed by atoms with E-state index in [0.29, 0.717) is 18.2 Å². The van der Waals surface area contributed by atoms with Crippen LogP contribution in [0.1, 0.15) is 13.3 Å². The summed E-state index contributed by atoms with van der Waals surface area (Å²) in [6, 6.07) is 0. The van der Waals surface area contributed by atoms with Crippen molar-refractivity contribution in [1.82, 2.24) is 5.01 Å². The van der Waals surface area contributed by atoms with E-state index in [0.717, 1.165) is 6.42 Å². The fourth-order valence-electron chi connectivity index (χ4n) is 1.60. The summed E-state index contributed by atoms with van der Waals surface area (Å²) in [5, 5.41) is 1.43. The molecule has 1 saturated heterocycles. The Labute approximate surface area is 71.9 Å². The summed E-state index contributed by atoms with van der Waals surface area (Å²) >= 11 is 0. The van der Waals surface area contributed by atoms with Gasteiger partial charge in [0.2, 0.25) is 0 Å². The van der Waals surface area contributed by atoms with Crippen molar-refractivity contribution in [3.63, 3.8) is 0 Å². The lowest BCUT2D eigenvalue weighted by Gasteiger charge is -2.13. The van der Waals surface area contributed by atoms with Crippen LogP contribution in [-0.4, -0.2) is 30.7 Å². The molecule has 1 fully saturated rings. The molecule has 1 aliphatic heterocycles. The zero-order chi connectivity index (χ0) is 9.14. The van der Waals surface area contributed by atoms with Gasteiger partial charge in [-0.25, -0.2) is 10.6 Å². The fraction of sp³-hybridized carbons (Fsp3) is 0.750. The molecule has 0 amide bonds. The normalized spacial score (nSPS) is 29.2. The molecule has 0 aromatic carbocycles. The molecule has 0 aliphatic carbocycles. The summed E-state index contributed by atoms with van der Waals surface area (Å²) < 4.78 is 5.17. The SMILES string of the molecule is CC[C@@H]1CN(N)C(=C=O)[C@H]1OC. The summed E-state index contributed by atoms with van der Waals surface area (Å²) in [5.41, 5.74) is 0.435. The molecule has 1 heterocycles. The fourth-order valence-corrected chi connectivity index (χ4v) is 1.60. The Morgan fingerprint density at radius 2 is 2.50 bits per heavy atom. The van der Waals surface area contributed by atoms with Crippen LogP contribution < -0.4 is 5.84 Å². The standard InChI is InChI=1S/C8H14N2O2/c1-3-6-4-10(9)7(5-11)8(6)12-2/h6,8H,3-4,9H2,1-2H3/t6-,8+/m1/s1. The van der Waals surface area contributed by atoms with Gasteiger partial charge in [0.25, 0.3) is 0 Å². The van der Waals surface area contributed by atoms with Gasteiger partial charge in [-0.3, -0.25) is 0 Å². The minimum absolute atomic E-state index is 0.169. The highest BCUT2D eigenvalue weighted by Crippen LogP contribution is 2.26. The zero-order valence-corrected chi connectivity index (χ0v) is 7.41. The largest absolute Gasteiger partial charge is 0.374 e. The molecule has 0 radical (unpaired) electrons. The number of nitrogens with two attached hydrogens (primary N) is 1. The average Bonchev–Trinajstić information content (AvgIpc) is 2.40. The lowest BCUT2D eigenvalue weighted by Crippen LogP contribution is -2.28. The van der Waals surface area contributed by atoms with Crippen molar-refractivity contribution in [2.24, 2.45) is 11.8 Å². The molecule has 1 rings (SSSR count). The van der Waals surface area contributed by atoms with Crippen molar-refractivity contribution in [3.05, 3.63) is 5.70 Å². The minimum atomic E-state index is -0.169. The van der Waals surface area contributed by atoms with E-state index >= 15 is 0 Å². The molecule has 2 atom stereocenters. The highest BCUT2D eigenvalue weighted by molar-refractivity contribution is 5.54. The molecule has 4 nitrogen and oxygen atoms in total. The van der Waals surface area contributed by atoms with E-state index in [1.54, 1.807) is 7.11 Å². The summed E-state index contributed by atoms with van der Waals surface area (Å²) in [7, 11) is 1.59. The average molecular weight is 170 g/mol. The van der Waals surface area contributed by atoms with Gasteiger partial charge in [0.15, 0.2) is 0 Å². The van der Waals surface area contributed by atoms with Crippen LogP contribution in [0.4, 0.5) is 0 Å². The topological polar surface area (TPSA) is 55.6 Å². The maximum absolute atomic E-state index is 10.5. The van der Waals surface area contributed by atoms with E-state index in [4.69, 9.17) is 10.6 Å². The number of carbonyl (C=O) groups excluding carboxylic acids is 1. The van der Waals surface area contributed by atoms with Gasteiger partial charge >= 0.3 is 0 Å². The van der Waals surface area contributed by atoms with Crippen LogP contribution in [-0.2, 0) is 9.53 Å². The van der Waals surface area contributed by atoms with Gasteiger partial charge in [0.05, 0.1) is 0 Å². The van der Waals surface area contributed by atoms with Gasteiger partial charge < -0.3 is 9.75 Å². The highest BCUT2D eigenvalue weighted by atomic mass is 16.5. The first-order chi connectivity index (χ1) is 5.74. The number of hydrogen-bond donors (Lipinski definition) is 1. The summed E-state index contributed by atoms with van der Waals surface area (Å²) in [5.74, 6) is 7.71. The predicted octanol–water partition coefficient (Wildman–Crippen LogP) is -0.0676. The van der Waals surface area contributed by atoms with Crippen molar-refractivity contribution in [3.8, 4) is 0 Å². The molecule has 68 valence electrons. The first-order valence-electron chi connectivity index (χ1n) is 4.04. The van der Waals surface area contributed by atoms with E-state index < -0.39 is 0 Å². The van der Waals surface area contributed by atoms with E-state index in [1.165, 1.54) is 5.01 Å². The second kappa shape index (κ2) is 3.72. The van der Waals surface area contributed by atoms with E-state index in [9.17, 15) is 4.79 Å². The van der Waals surface area contributed by atoms with Crippen molar-refractivity contribution in [1.29, 1.82) is 0 Å². The number of hydrogen-bond acceptors (Lipinski definition) is 4. The van der Waals surface area contributed by atoms with E-state index in [-0.39, 0.29) is 6.10 Å². The van der Waals surface area contributed by atoms with Crippen molar-refractivity contribution < 1.29 is 9.53 Å². The third-order valence-corrected chi connectivity index (χ3v) is 2.32. The Kier molecular flexibility index (Phi) is 2.87. The molecule has 1 aliphatic rings. The summed E-state index contributed by atoms with van der Waals surface area (Å²) in [6.45, 7) is 2.73. The number of nitrogens with zero attached hydrogens (tertiary/aromatic N) is 1. The van der Waals surface area contributed by atoms with Gasteiger partial charge in [0, 0.05) is 19.6 Å². The lowest BCUT2D eigenvalue weighted by molar-refractivity contribution is 0.0987. The monoisotopic (exact) mass is 170 g/mol. The Balaban J connectivity index is 2.82. The highest BCUT2D eigenvalue weighted by Gasteiger charge is 2.35. The van der Waals surface area contributed by atoms with Crippen LogP contribution in [0.2, 0.25) is 0 Å². The minimum Gasteiger partial charge on any atom is -0.374 e. The number of ether oxygens (including phenoxy) is 1. The molecular formula is C8H14N2O2. The molecule has 2 N–H and O–H groups in total. The Hall–Kier alpha value is -0.830. The zero-order valence-electron chi connectivity index (χ0n) is 7.41. The second-order valence-corrected chi connectivity index (χ2v) is 2.96. The quantitative estimate of drug-likeness (QED) is 0.465. The predicted molar refractivity (Wildman–Crippen MR) is 44.7 cm³/mol. The van der Waals surface area contributed by atoms with Crippen LogP contribution in [0.5, 0.6) is 0 Å². The number of rotatable bonds is 2. The van der Waals surface area contributed by atoms with Crippen LogP contribution in [0.3, 0.4) is 0 Å². The van der Waals surface area contributed by atoms with Crippen molar-refractivity contribution in [2.45, 2.75) is 19.4 Å². The first-order valence-corrected chi connectivity index (χ1v) is 4.04. The third kappa shape index (κ3) is 1.37. The Morgan fingerprint density at radius 1 is 1.83 bits per heavy atom. The third-order valence-electron chi connectivity index (χ3n) is 2.32. The molecule has 0 spiro atoms. The first kappa shape index (κ1) is 9.26. The lowest BCUT2D eigenvalue weighted by atomic mass is 10.0. The Morgan fingerprint density at radius 3 is 2.92 bits per heavy atom. The number of methoxy groups -OCH3 is 1. The van der Waals surface area contributed by atoms with Crippen molar-refractivity contribution >= 4 is 5.94 Å². The molecular weight excluding hydrogens is 156 g/mol. The summed E-state index contributed by atoms with van der Waals surface area (Å²) in [4.78, 5) is 10.5. The van der Waals surface area contributed by atoms with Gasteiger partial charge in [-0.1, -0.05) is 6.92 Å². The Bertz CT molecular complexity index is 211. The van der Waals surface area contributed by atoms with Gasteiger partial charge in [-0.2, -0.15) is 0 Å². The van der Waals surface area contributed by atoms with Gasteiger partial charge in [0.1, 0.15) is 17.7 Å². The van der Waals surface area contributed by atoms with Crippen LogP contribution in [0.15, 0.2) is 5.70 Å². The molecule has 12 heavy (non-hydrogen) atoms. The number of hydrazine groups is 1. The van der Waals surface area contributed by atoms with Crippen LogP contribution in [0, 0.1) is 5.92 Å². The maximum atomic E-state index is 10.5. The summed E-state index contributed by atoms with van der Waals surface area (Å²) in [6.07, 6.45) is 0.787. The molecule has 0 saturated carbocycles.